The van der Waals surface area contributed by atoms with Gasteiger partial charge in [0.25, 0.3) is 0 Å². The van der Waals surface area contributed by atoms with E-state index in [2.05, 4.69) is 11.6 Å². The van der Waals surface area contributed by atoms with Crippen LogP contribution in [0.3, 0.4) is 0 Å². The van der Waals surface area contributed by atoms with Gasteiger partial charge in [-0.1, -0.05) is 12.6 Å². The lowest BCUT2D eigenvalue weighted by Gasteiger charge is -2.10. The summed E-state index contributed by atoms with van der Waals surface area (Å²) in [4.78, 5) is 4.21. The van der Waals surface area contributed by atoms with Gasteiger partial charge in [0.15, 0.2) is 0 Å². The number of hydrogen-bond donors (Lipinski definition) is 1. The van der Waals surface area contributed by atoms with Crippen molar-refractivity contribution < 1.29 is 0 Å². The number of pyridine rings is 1. The standard InChI is InChI=1S/C10H12N2/c1-2-9-8(4-3-7-12-9)10(11)5-6-10/h2-4,7H,1,5-6,11H2. The van der Waals surface area contributed by atoms with Gasteiger partial charge in [0.1, 0.15) is 0 Å². The van der Waals surface area contributed by atoms with Gasteiger partial charge in [0.2, 0.25) is 0 Å². The van der Waals surface area contributed by atoms with Crippen molar-refractivity contribution in [3.8, 4) is 0 Å². The minimum Gasteiger partial charge on any atom is -0.321 e. The van der Waals surface area contributed by atoms with Crippen LogP contribution >= 0.6 is 0 Å². The van der Waals surface area contributed by atoms with Crippen molar-refractivity contribution in [1.29, 1.82) is 0 Å². The third kappa shape index (κ3) is 1.04. The molecule has 1 aromatic rings. The molecule has 0 spiro atoms. The maximum absolute atomic E-state index is 6.06. The van der Waals surface area contributed by atoms with Crippen LogP contribution in [-0.4, -0.2) is 4.98 Å². The van der Waals surface area contributed by atoms with E-state index in [-0.39, 0.29) is 5.54 Å². The predicted octanol–water partition coefficient (Wildman–Crippen LogP) is 1.67. The van der Waals surface area contributed by atoms with Crippen molar-refractivity contribution in [1.82, 2.24) is 4.98 Å². The molecular formula is C10H12N2. The van der Waals surface area contributed by atoms with Gasteiger partial charge in [-0.05, 0) is 30.5 Å². The maximum Gasteiger partial charge on any atom is 0.0674 e. The molecule has 1 aliphatic rings. The summed E-state index contributed by atoms with van der Waals surface area (Å²) < 4.78 is 0. The Labute approximate surface area is 72.1 Å². The lowest BCUT2D eigenvalue weighted by Crippen LogP contribution is -2.20. The van der Waals surface area contributed by atoms with Crippen molar-refractivity contribution in [3.63, 3.8) is 0 Å². The molecule has 12 heavy (non-hydrogen) atoms. The molecule has 2 rings (SSSR count). The van der Waals surface area contributed by atoms with Crippen LogP contribution in [0.25, 0.3) is 6.08 Å². The molecule has 0 aromatic carbocycles. The Bertz CT molecular complexity index is 313. The van der Waals surface area contributed by atoms with Gasteiger partial charge in [-0.15, -0.1) is 0 Å². The fraction of sp³-hybridized carbons (Fsp3) is 0.300. The van der Waals surface area contributed by atoms with Crippen LogP contribution in [-0.2, 0) is 5.54 Å². The summed E-state index contributed by atoms with van der Waals surface area (Å²) in [5.74, 6) is 0. The molecule has 1 saturated carbocycles. The van der Waals surface area contributed by atoms with Crippen molar-refractivity contribution in [2.24, 2.45) is 5.73 Å². The van der Waals surface area contributed by atoms with Gasteiger partial charge in [0.05, 0.1) is 5.69 Å². The summed E-state index contributed by atoms with van der Waals surface area (Å²) in [6.07, 6.45) is 5.67. The maximum atomic E-state index is 6.06. The van der Waals surface area contributed by atoms with E-state index >= 15 is 0 Å². The van der Waals surface area contributed by atoms with Gasteiger partial charge in [-0.3, -0.25) is 4.98 Å². The topological polar surface area (TPSA) is 38.9 Å². The monoisotopic (exact) mass is 160 g/mol. The van der Waals surface area contributed by atoms with E-state index in [1.165, 1.54) is 0 Å². The van der Waals surface area contributed by atoms with Gasteiger partial charge in [-0.2, -0.15) is 0 Å². The summed E-state index contributed by atoms with van der Waals surface area (Å²) in [6, 6.07) is 3.96. The Morgan fingerprint density at radius 1 is 1.58 bits per heavy atom. The molecule has 1 aromatic heterocycles. The van der Waals surface area contributed by atoms with E-state index in [4.69, 9.17) is 5.73 Å². The Morgan fingerprint density at radius 2 is 2.33 bits per heavy atom. The first-order valence-electron chi connectivity index (χ1n) is 4.13. The Kier molecular flexibility index (Phi) is 1.51. The first-order chi connectivity index (χ1) is 5.76. The van der Waals surface area contributed by atoms with E-state index in [9.17, 15) is 0 Å². The zero-order valence-electron chi connectivity index (χ0n) is 6.96. The Hall–Kier alpha value is -1.15. The van der Waals surface area contributed by atoms with Crippen LogP contribution in [0.4, 0.5) is 0 Å². The summed E-state index contributed by atoms with van der Waals surface area (Å²) >= 11 is 0. The highest BCUT2D eigenvalue weighted by Gasteiger charge is 2.41. The van der Waals surface area contributed by atoms with E-state index in [1.807, 2.05) is 12.1 Å². The smallest absolute Gasteiger partial charge is 0.0674 e. The minimum atomic E-state index is -0.0994. The van der Waals surface area contributed by atoms with Crippen molar-refractivity contribution in [2.45, 2.75) is 18.4 Å². The number of rotatable bonds is 2. The zero-order chi connectivity index (χ0) is 8.60. The van der Waals surface area contributed by atoms with Crippen molar-refractivity contribution in [2.75, 3.05) is 0 Å². The van der Waals surface area contributed by atoms with Gasteiger partial charge in [0, 0.05) is 11.7 Å². The molecule has 0 aliphatic heterocycles. The average Bonchev–Trinajstić information content (AvgIpc) is 2.85. The molecule has 0 unspecified atom stereocenters. The van der Waals surface area contributed by atoms with Crippen molar-refractivity contribution in [3.05, 3.63) is 36.2 Å². The molecule has 0 amide bonds. The highest BCUT2D eigenvalue weighted by Crippen LogP contribution is 2.43. The van der Waals surface area contributed by atoms with E-state index in [0.717, 1.165) is 24.1 Å². The van der Waals surface area contributed by atoms with E-state index in [1.54, 1.807) is 12.3 Å². The first kappa shape index (κ1) is 7.50. The predicted molar refractivity (Wildman–Crippen MR) is 49.4 cm³/mol. The highest BCUT2D eigenvalue weighted by atomic mass is 14.8. The minimum absolute atomic E-state index is 0.0994. The number of nitrogens with zero attached hydrogens (tertiary/aromatic N) is 1. The number of hydrogen-bond acceptors (Lipinski definition) is 2. The molecular weight excluding hydrogens is 148 g/mol. The summed E-state index contributed by atoms with van der Waals surface area (Å²) in [5.41, 5.74) is 8.02. The fourth-order valence-corrected chi connectivity index (χ4v) is 1.41. The molecule has 0 saturated heterocycles. The summed E-state index contributed by atoms with van der Waals surface area (Å²) in [6.45, 7) is 3.71. The Balaban J connectivity index is 2.48. The molecule has 1 heterocycles. The van der Waals surface area contributed by atoms with Gasteiger partial charge in [-0.25, -0.2) is 0 Å². The second kappa shape index (κ2) is 2.42. The highest BCUT2D eigenvalue weighted by molar-refractivity contribution is 5.50. The fourth-order valence-electron chi connectivity index (χ4n) is 1.41. The van der Waals surface area contributed by atoms with Crippen LogP contribution in [0, 0.1) is 0 Å². The van der Waals surface area contributed by atoms with Crippen molar-refractivity contribution >= 4 is 6.08 Å². The van der Waals surface area contributed by atoms with Crippen LogP contribution < -0.4 is 5.73 Å². The Morgan fingerprint density at radius 3 is 2.92 bits per heavy atom. The first-order valence-corrected chi connectivity index (χ1v) is 4.13. The second-order valence-corrected chi connectivity index (χ2v) is 3.30. The summed E-state index contributed by atoms with van der Waals surface area (Å²) in [5, 5.41) is 0. The second-order valence-electron chi connectivity index (χ2n) is 3.30. The van der Waals surface area contributed by atoms with Crippen LogP contribution in [0.2, 0.25) is 0 Å². The van der Waals surface area contributed by atoms with Crippen LogP contribution in [0.15, 0.2) is 24.9 Å². The molecule has 2 heteroatoms. The molecule has 1 fully saturated rings. The van der Waals surface area contributed by atoms with Crippen LogP contribution in [0.1, 0.15) is 24.1 Å². The quantitative estimate of drug-likeness (QED) is 0.714. The molecule has 0 bridgehead atoms. The molecule has 0 radical (unpaired) electrons. The molecule has 2 N–H and O–H groups in total. The molecule has 62 valence electrons. The third-order valence-corrected chi connectivity index (χ3v) is 2.36. The average molecular weight is 160 g/mol. The molecule has 2 nitrogen and oxygen atoms in total. The normalized spacial score (nSPS) is 18.8. The number of aromatic nitrogens is 1. The van der Waals surface area contributed by atoms with Crippen LogP contribution in [0.5, 0.6) is 0 Å². The largest absolute Gasteiger partial charge is 0.321 e. The van der Waals surface area contributed by atoms with Gasteiger partial charge >= 0.3 is 0 Å². The molecule has 0 atom stereocenters. The SMILES string of the molecule is C=Cc1ncccc1C1(N)CC1. The lowest BCUT2D eigenvalue weighted by atomic mass is 10.0. The number of nitrogens with two attached hydrogens (primary N) is 1. The summed E-state index contributed by atoms with van der Waals surface area (Å²) in [7, 11) is 0. The van der Waals surface area contributed by atoms with E-state index in [0.29, 0.717) is 0 Å². The zero-order valence-corrected chi connectivity index (χ0v) is 6.96. The van der Waals surface area contributed by atoms with E-state index < -0.39 is 0 Å². The van der Waals surface area contributed by atoms with Gasteiger partial charge < -0.3 is 5.73 Å². The lowest BCUT2D eigenvalue weighted by molar-refractivity contribution is 0.732. The molecule has 1 aliphatic carbocycles. The third-order valence-electron chi connectivity index (χ3n) is 2.36.